The molecular weight excluding hydrogens is 565 g/mol. The van der Waals surface area contributed by atoms with Gasteiger partial charge >= 0.3 is 13.7 Å². The summed E-state index contributed by atoms with van der Waals surface area (Å²) >= 11 is 0. The van der Waals surface area contributed by atoms with Crippen molar-refractivity contribution in [3.05, 3.63) is 60.4 Å². The number of anilines is 1. The van der Waals surface area contributed by atoms with E-state index in [0.717, 1.165) is 12.8 Å². The monoisotopic (exact) mass is 601 g/mol. The average Bonchev–Trinajstić information content (AvgIpc) is 3.53. The minimum Gasteiger partial charge on any atom is -0.464 e. The van der Waals surface area contributed by atoms with Crippen LogP contribution < -0.4 is 15.3 Å². The van der Waals surface area contributed by atoms with Gasteiger partial charge in [0, 0.05) is 6.20 Å². The molecule has 1 aliphatic heterocycles. The predicted molar refractivity (Wildman–Crippen MR) is 152 cm³/mol. The summed E-state index contributed by atoms with van der Waals surface area (Å²) in [5, 5.41) is 38.8. The van der Waals surface area contributed by atoms with Gasteiger partial charge in [0.25, 0.3) is 0 Å². The highest BCUT2D eigenvalue weighted by Gasteiger charge is 2.58. The molecule has 14 heteroatoms. The molecule has 2 aromatic heterocycles. The van der Waals surface area contributed by atoms with E-state index in [4.69, 9.17) is 24.3 Å². The summed E-state index contributed by atoms with van der Waals surface area (Å²) in [6.45, 7) is 5.10. The number of aliphatic hydroxyl groups excluding tert-OH is 2. The third-order valence-corrected chi connectivity index (χ3v) is 8.93. The number of aliphatic hydroxyl groups is 2. The first-order valence-electron chi connectivity index (χ1n) is 13.7. The van der Waals surface area contributed by atoms with Crippen molar-refractivity contribution in [2.75, 3.05) is 18.9 Å². The van der Waals surface area contributed by atoms with Crippen molar-refractivity contribution in [2.24, 2.45) is 5.92 Å². The third-order valence-electron chi connectivity index (χ3n) is 7.29. The fourth-order valence-corrected chi connectivity index (χ4v) is 6.16. The molecule has 0 amide bonds. The van der Waals surface area contributed by atoms with E-state index >= 15 is 0 Å². The number of nitrogens with one attached hydrogen (secondary N) is 1. The van der Waals surface area contributed by atoms with Crippen LogP contribution in [0.5, 0.6) is 5.75 Å². The first-order chi connectivity index (χ1) is 20.1. The fourth-order valence-electron chi connectivity index (χ4n) is 4.66. The number of fused-ring (bicyclic) bond motifs is 1. The lowest BCUT2D eigenvalue weighted by atomic mass is 9.92. The smallest absolute Gasteiger partial charge is 0.459 e. The molecule has 0 radical (unpaired) electrons. The Bertz CT molecular complexity index is 1460. The van der Waals surface area contributed by atoms with Crippen LogP contribution in [0.2, 0.25) is 0 Å². The Balaban J connectivity index is 1.53. The van der Waals surface area contributed by atoms with Gasteiger partial charge in [-0.2, -0.15) is 15.4 Å². The van der Waals surface area contributed by atoms with E-state index in [9.17, 15) is 24.8 Å². The van der Waals surface area contributed by atoms with Gasteiger partial charge < -0.3 is 29.9 Å². The minimum absolute atomic E-state index is 0.136. The number of benzene rings is 1. The lowest BCUT2D eigenvalue weighted by Crippen LogP contribution is -2.41. The molecule has 13 nitrogen and oxygen atoms in total. The van der Waals surface area contributed by atoms with Gasteiger partial charge in [-0.05, 0) is 43.2 Å². The lowest BCUT2D eigenvalue weighted by molar-refractivity contribution is -0.146. The molecule has 1 fully saturated rings. The second-order valence-electron chi connectivity index (χ2n) is 10.1. The molecule has 0 spiro atoms. The molecule has 0 saturated carbocycles. The molecule has 0 aliphatic carbocycles. The zero-order valence-electron chi connectivity index (χ0n) is 23.6. The van der Waals surface area contributed by atoms with Gasteiger partial charge in [0.2, 0.25) is 5.60 Å². The molecule has 1 saturated heterocycles. The maximum atomic E-state index is 13.9. The average molecular weight is 602 g/mol. The normalized spacial score (nSPS) is 24.3. The summed E-state index contributed by atoms with van der Waals surface area (Å²) in [6, 6.07) is 13.7. The van der Waals surface area contributed by atoms with E-state index < -0.39 is 50.3 Å². The number of esters is 1. The molecule has 3 heterocycles. The number of nitrogen functional groups attached to an aromatic ring is 1. The number of rotatable bonds is 13. The maximum absolute atomic E-state index is 13.9. The molecular formula is C28H36N5O8P. The van der Waals surface area contributed by atoms with Crippen molar-refractivity contribution < 1.29 is 38.1 Å². The zero-order chi connectivity index (χ0) is 30.5. The Morgan fingerprint density at radius 2 is 1.95 bits per heavy atom. The number of nitrogens with two attached hydrogens (primary N) is 1. The van der Waals surface area contributed by atoms with E-state index in [1.807, 2.05) is 19.9 Å². The summed E-state index contributed by atoms with van der Waals surface area (Å²) < 4.78 is 37.9. The van der Waals surface area contributed by atoms with E-state index in [0.29, 0.717) is 11.2 Å². The van der Waals surface area contributed by atoms with Crippen molar-refractivity contribution in [2.45, 2.75) is 63.6 Å². The highest BCUT2D eigenvalue weighted by molar-refractivity contribution is 7.52. The van der Waals surface area contributed by atoms with Gasteiger partial charge in [0.1, 0.15) is 36.2 Å². The third kappa shape index (κ3) is 6.44. The van der Waals surface area contributed by atoms with Crippen LogP contribution in [0.3, 0.4) is 0 Å². The lowest BCUT2D eigenvalue weighted by Gasteiger charge is -2.25. The number of para-hydroxylation sites is 1. The van der Waals surface area contributed by atoms with Crippen molar-refractivity contribution in [1.29, 1.82) is 5.26 Å². The molecule has 226 valence electrons. The fraction of sp³-hybridized carbons (Fsp3) is 0.464. The van der Waals surface area contributed by atoms with E-state index in [2.05, 4.69) is 10.2 Å². The Morgan fingerprint density at radius 3 is 2.62 bits per heavy atom. The van der Waals surface area contributed by atoms with E-state index in [1.165, 1.54) is 23.7 Å². The predicted octanol–water partition coefficient (Wildman–Crippen LogP) is 2.92. The van der Waals surface area contributed by atoms with Crippen molar-refractivity contribution in [1.82, 2.24) is 14.7 Å². The van der Waals surface area contributed by atoms with Gasteiger partial charge in [0.15, 0.2) is 0 Å². The number of aromatic nitrogens is 2. The van der Waals surface area contributed by atoms with Crippen LogP contribution in [0, 0.1) is 17.2 Å². The maximum Gasteiger partial charge on any atom is 0.459 e. The molecule has 6 atom stereocenters. The molecule has 4 rings (SSSR count). The number of ether oxygens (including phenoxy) is 2. The van der Waals surface area contributed by atoms with Crippen LogP contribution in [0.4, 0.5) is 5.69 Å². The molecule has 42 heavy (non-hydrogen) atoms. The van der Waals surface area contributed by atoms with Crippen LogP contribution >= 0.6 is 7.75 Å². The molecule has 3 aromatic rings. The number of carbonyl (C=O) groups excluding carboxylic acids is 1. The summed E-state index contributed by atoms with van der Waals surface area (Å²) in [5.74, 6) is -0.263. The topological polar surface area (TPSA) is 191 Å². The van der Waals surface area contributed by atoms with Crippen LogP contribution in [0.25, 0.3) is 5.52 Å². The molecule has 5 N–H and O–H groups in total. The number of hydrogen-bond acceptors (Lipinski definition) is 11. The van der Waals surface area contributed by atoms with Crippen molar-refractivity contribution in [3.63, 3.8) is 0 Å². The molecule has 1 unspecified atom stereocenters. The second kappa shape index (κ2) is 13.2. The zero-order valence-corrected chi connectivity index (χ0v) is 24.5. The van der Waals surface area contributed by atoms with Crippen LogP contribution in [-0.2, 0) is 29.0 Å². The standard InChI is InChI=1S/C28H36N5O8P/c1-4-19(5-2)15-38-27(36)18(3)32-42(37,41-20-9-7-6-8-10-20)39-16-23-25(34)26(35)28(17-29,40-23)24-12-11-22-21(30)13-14-31-33(22)24/h6-14,18-19,23,25-26,34-35H,4-5,15-16,30H2,1-3H3,(H,32,37)/t18-,23?,25+,26+,28-,42+/m0/s1. The number of nitrogens with zero attached hydrogens (tertiary/aromatic N) is 3. The molecule has 1 aliphatic rings. The first kappa shape index (κ1) is 31.4. The SMILES string of the molecule is CCC(CC)COC(=O)[C@H](C)N[P@@](=O)(OCC1O[C@@](C#N)(c2ccc3c(N)ccnn23)[C@H](O)[C@@H]1O)Oc1ccccc1. The highest BCUT2D eigenvalue weighted by atomic mass is 31.2. The summed E-state index contributed by atoms with van der Waals surface area (Å²) in [6.07, 6.45) is -1.56. The van der Waals surface area contributed by atoms with Crippen LogP contribution in [0.1, 0.15) is 39.3 Å². The quantitative estimate of drug-likeness (QED) is 0.166. The Morgan fingerprint density at radius 1 is 1.24 bits per heavy atom. The van der Waals surface area contributed by atoms with Gasteiger partial charge in [0.05, 0.1) is 30.1 Å². The van der Waals surface area contributed by atoms with Gasteiger partial charge in [-0.15, -0.1) is 0 Å². The molecule has 1 aromatic carbocycles. The van der Waals surface area contributed by atoms with Gasteiger partial charge in [-0.25, -0.2) is 9.08 Å². The Kier molecular flexibility index (Phi) is 9.89. The van der Waals surface area contributed by atoms with Crippen LogP contribution in [0.15, 0.2) is 54.7 Å². The highest BCUT2D eigenvalue weighted by Crippen LogP contribution is 2.47. The Hall–Kier alpha value is -3.50. The summed E-state index contributed by atoms with van der Waals surface area (Å²) in [7, 11) is -4.31. The number of hydrogen-bond donors (Lipinski definition) is 4. The van der Waals surface area contributed by atoms with Gasteiger partial charge in [-0.3, -0.25) is 9.32 Å². The van der Waals surface area contributed by atoms with Crippen molar-refractivity contribution in [3.8, 4) is 11.8 Å². The summed E-state index contributed by atoms with van der Waals surface area (Å²) in [4.78, 5) is 12.7. The largest absolute Gasteiger partial charge is 0.464 e. The Labute approximate surface area is 243 Å². The van der Waals surface area contributed by atoms with Crippen LogP contribution in [-0.4, -0.2) is 63.4 Å². The number of carbonyl (C=O) groups is 1. The summed E-state index contributed by atoms with van der Waals surface area (Å²) in [5.41, 5.74) is 4.95. The van der Waals surface area contributed by atoms with E-state index in [1.54, 1.807) is 42.5 Å². The first-order valence-corrected chi connectivity index (χ1v) is 15.2. The van der Waals surface area contributed by atoms with E-state index in [-0.39, 0.29) is 24.0 Å². The molecule has 0 bridgehead atoms. The van der Waals surface area contributed by atoms with Gasteiger partial charge in [-0.1, -0.05) is 44.9 Å². The van der Waals surface area contributed by atoms with Crippen molar-refractivity contribution >= 4 is 24.9 Å². The minimum atomic E-state index is -4.31. The number of nitriles is 1. The second-order valence-corrected chi connectivity index (χ2v) is 11.8.